The van der Waals surface area contributed by atoms with Gasteiger partial charge in [-0.15, -0.1) is 0 Å². The maximum absolute atomic E-state index is 11.6. The Bertz CT molecular complexity index is 527. The zero-order valence-corrected chi connectivity index (χ0v) is 8.91. The van der Waals surface area contributed by atoms with Crippen molar-refractivity contribution in [2.75, 3.05) is 0 Å². The first-order valence-electron chi connectivity index (χ1n) is 4.92. The van der Waals surface area contributed by atoms with Gasteiger partial charge in [0.05, 0.1) is 11.1 Å². The van der Waals surface area contributed by atoms with Gasteiger partial charge in [0.15, 0.2) is 0 Å². The van der Waals surface area contributed by atoms with Crippen LogP contribution in [-0.2, 0) is 0 Å². The molecule has 0 atom stereocenters. The summed E-state index contributed by atoms with van der Waals surface area (Å²) < 4.78 is 0. The average molecular weight is 213 g/mol. The van der Waals surface area contributed by atoms with Crippen LogP contribution < -0.4 is 5.32 Å². The van der Waals surface area contributed by atoms with Crippen LogP contribution in [0.5, 0.6) is 0 Å². The molecule has 1 aromatic carbocycles. The van der Waals surface area contributed by atoms with Gasteiger partial charge in [0.1, 0.15) is 0 Å². The van der Waals surface area contributed by atoms with Gasteiger partial charge < -0.3 is 0 Å². The van der Waals surface area contributed by atoms with E-state index in [0.29, 0.717) is 11.1 Å². The Morgan fingerprint density at radius 2 is 2.06 bits per heavy atom. The van der Waals surface area contributed by atoms with Crippen molar-refractivity contribution in [3.63, 3.8) is 0 Å². The summed E-state index contributed by atoms with van der Waals surface area (Å²) in [4.78, 5) is 22.9. The number of imide groups is 1. The summed E-state index contributed by atoms with van der Waals surface area (Å²) in [6.07, 6.45) is 3.60. The van der Waals surface area contributed by atoms with E-state index in [-0.39, 0.29) is 11.8 Å². The van der Waals surface area contributed by atoms with Gasteiger partial charge in [0.2, 0.25) is 0 Å². The molecular weight excluding hydrogens is 202 g/mol. The maximum Gasteiger partial charge on any atom is 0.259 e. The molecule has 0 saturated heterocycles. The number of rotatable bonds is 2. The Kier molecular flexibility index (Phi) is 2.44. The third-order valence-corrected chi connectivity index (χ3v) is 2.34. The van der Waals surface area contributed by atoms with Gasteiger partial charge in [-0.1, -0.05) is 36.4 Å². The van der Waals surface area contributed by atoms with E-state index in [1.807, 2.05) is 13.0 Å². The van der Waals surface area contributed by atoms with Gasteiger partial charge in [0.25, 0.3) is 11.8 Å². The summed E-state index contributed by atoms with van der Waals surface area (Å²) in [5.74, 6) is -0.660. The molecular formula is C13H11NO2. The molecule has 0 fully saturated rings. The van der Waals surface area contributed by atoms with Crippen LogP contribution in [0.4, 0.5) is 0 Å². The molecule has 1 N–H and O–H groups in total. The first-order chi connectivity index (χ1) is 7.59. The molecule has 0 bridgehead atoms. The smallest absolute Gasteiger partial charge is 0.259 e. The fourth-order valence-corrected chi connectivity index (χ4v) is 1.62. The molecule has 2 amide bonds. The van der Waals surface area contributed by atoms with Crippen LogP contribution in [0.15, 0.2) is 36.4 Å². The number of carbonyl (C=O) groups is 2. The lowest BCUT2D eigenvalue weighted by molar-refractivity contribution is 0.0879. The van der Waals surface area contributed by atoms with Crippen molar-refractivity contribution in [3.8, 4) is 0 Å². The molecule has 16 heavy (non-hydrogen) atoms. The number of fused-ring (bicyclic) bond motifs is 1. The van der Waals surface area contributed by atoms with Crippen molar-refractivity contribution in [1.29, 1.82) is 0 Å². The number of benzene rings is 1. The van der Waals surface area contributed by atoms with Crippen LogP contribution in [-0.4, -0.2) is 11.8 Å². The lowest BCUT2D eigenvalue weighted by atomic mass is 10.0. The monoisotopic (exact) mass is 213 g/mol. The minimum atomic E-state index is -0.332. The summed E-state index contributed by atoms with van der Waals surface area (Å²) in [6.45, 7) is 5.61. The summed E-state index contributed by atoms with van der Waals surface area (Å²) >= 11 is 0. The van der Waals surface area contributed by atoms with E-state index in [2.05, 4.69) is 11.9 Å². The molecule has 0 radical (unpaired) electrons. The lowest BCUT2D eigenvalue weighted by Crippen LogP contribution is -2.20. The molecule has 1 heterocycles. The highest BCUT2D eigenvalue weighted by molar-refractivity contribution is 6.22. The highest BCUT2D eigenvalue weighted by Crippen LogP contribution is 2.21. The molecule has 0 unspecified atom stereocenters. The lowest BCUT2D eigenvalue weighted by Gasteiger charge is -1.99. The number of allylic oxidation sites excluding steroid dienone is 2. The SMILES string of the molecule is C=C(C)C=Cc1cccc2c1C(=O)NC2=O. The summed E-state index contributed by atoms with van der Waals surface area (Å²) in [5.41, 5.74) is 2.52. The van der Waals surface area contributed by atoms with Crippen molar-refractivity contribution in [2.24, 2.45) is 0 Å². The number of hydrogen-bond donors (Lipinski definition) is 1. The number of hydrogen-bond acceptors (Lipinski definition) is 2. The van der Waals surface area contributed by atoms with E-state index >= 15 is 0 Å². The molecule has 80 valence electrons. The fourth-order valence-electron chi connectivity index (χ4n) is 1.62. The summed E-state index contributed by atoms with van der Waals surface area (Å²) in [5, 5.41) is 2.28. The van der Waals surface area contributed by atoms with Crippen molar-refractivity contribution in [3.05, 3.63) is 53.1 Å². The predicted octanol–water partition coefficient (Wildman–Crippen LogP) is 2.16. The van der Waals surface area contributed by atoms with E-state index in [1.165, 1.54) is 0 Å². The van der Waals surface area contributed by atoms with Crippen LogP contribution in [0.2, 0.25) is 0 Å². The minimum Gasteiger partial charge on any atom is -0.288 e. The third kappa shape index (κ3) is 1.67. The van der Waals surface area contributed by atoms with Crippen LogP contribution >= 0.6 is 0 Å². The Balaban J connectivity index is 2.53. The number of carbonyl (C=O) groups excluding carboxylic acids is 2. The van der Waals surface area contributed by atoms with Crippen molar-refractivity contribution >= 4 is 17.9 Å². The van der Waals surface area contributed by atoms with Gasteiger partial charge >= 0.3 is 0 Å². The standard InChI is InChI=1S/C13H11NO2/c1-8(2)6-7-9-4-3-5-10-11(9)13(16)14-12(10)15/h3-7H,1H2,2H3,(H,14,15,16). The number of amides is 2. The quantitative estimate of drug-likeness (QED) is 0.604. The van der Waals surface area contributed by atoms with Gasteiger partial charge in [-0.25, -0.2) is 0 Å². The molecule has 0 aromatic heterocycles. The molecule has 0 aliphatic carbocycles. The van der Waals surface area contributed by atoms with Crippen LogP contribution in [0, 0.1) is 0 Å². The summed E-state index contributed by atoms with van der Waals surface area (Å²) in [7, 11) is 0. The molecule has 1 aromatic rings. The molecule has 3 heteroatoms. The minimum absolute atomic E-state index is 0.328. The van der Waals surface area contributed by atoms with Gasteiger partial charge in [0, 0.05) is 0 Å². The van der Waals surface area contributed by atoms with Crippen LogP contribution in [0.1, 0.15) is 33.2 Å². The molecule has 0 spiro atoms. The van der Waals surface area contributed by atoms with Crippen molar-refractivity contribution < 1.29 is 9.59 Å². The molecule has 1 aliphatic rings. The highest BCUT2D eigenvalue weighted by atomic mass is 16.2. The first-order valence-corrected chi connectivity index (χ1v) is 4.92. The van der Waals surface area contributed by atoms with Crippen LogP contribution in [0.25, 0.3) is 6.08 Å². The van der Waals surface area contributed by atoms with Gasteiger partial charge in [-0.2, -0.15) is 0 Å². The Morgan fingerprint density at radius 3 is 2.75 bits per heavy atom. The fraction of sp³-hybridized carbons (Fsp3) is 0.0769. The van der Waals surface area contributed by atoms with E-state index in [9.17, 15) is 9.59 Å². The molecule has 3 nitrogen and oxygen atoms in total. The van der Waals surface area contributed by atoms with Crippen molar-refractivity contribution in [1.82, 2.24) is 5.32 Å². The number of nitrogens with one attached hydrogen (secondary N) is 1. The average Bonchev–Trinajstić information content (AvgIpc) is 2.52. The van der Waals surface area contributed by atoms with E-state index in [0.717, 1.165) is 11.1 Å². The second-order valence-electron chi connectivity index (χ2n) is 3.73. The third-order valence-electron chi connectivity index (χ3n) is 2.34. The molecule has 2 rings (SSSR count). The molecule has 0 saturated carbocycles. The second kappa shape index (κ2) is 3.77. The Hall–Kier alpha value is -2.16. The van der Waals surface area contributed by atoms with Gasteiger partial charge in [-0.05, 0) is 18.6 Å². The normalized spacial score (nSPS) is 14.1. The van der Waals surface area contributed by atoms with Crippen molar-refractivity contribution in [2.45, 2.75) is 6.92 Å². The second-order valence-corrected chi connectivity index (χ2v) is 3.73. The largest absolute Gasteiger partial charge is 0.288 e. The maximum atomic E-state index is 11.6. The zero-order chi connectivity index (χ0) is 11.7. The zero-order valence-electron chi connectivity index (χ0n) is 8.91. The topological polar surface area (TPSA) is 46.2 Å². The van der Waals surface area contributed by atoms with Crippen LogP contribution in [0.3, 0.4) is 0 Å². The Morgan fingerprint density at radius 1 is 1.31 bits per heavy atom. The first kappa shape index (κ1) is 10.4. The molecule has 1 aliphatic heterocycles. The summed E-state index contributed by atoms with van der Waals surface area (Å²) in [6, 6.07) is 5.21. The van der Waals surface area contributed by atoms with E-state index < -0.39 is 0 Å². The van der Waals surface area contributed by atoms with E-state index in [4.69, 9.17) is 0 Å². The van der Waals surface area contributed by atoms with E-state index in [1.54, 1.807) is 24.3 Å². The predicted molar refractivity (Wildman–Crippen MR) is 62.1 cm³/mol. The van der Waals surface area contributed by atoms with Gasteiger partial charge in [-0.3, -0.25) is 14.9 Å². The highest BCUT2D eigenvalue weighted by Gasteiger charge is 2.28. The Labute approximate surface area is 93.5 Å².